The van der Waals surface area contributed by atoms with Crippen molar-refractivity contribution in [1.29, 1.82) is 0 Å². The molecule has 0 amide bonds. The maximum absolute atomic E-state index is 13.1. The summed E-state index contributed by atoms with van der Waals surface area (Å²) in [7, 11) is -3.67. The maximum atomic E-state index is 13.1. The van der Waals surface area contributed by atoms with Crippen LogP contribution in [0.2, 0.25) is 0 Å². The third-order valence-corrected chi connectivity index (χ3v) is 7.12. The number of anilines is 1. The molecule has 0 radical (unpaired) electrons. The summed E-state index contributed by atoms with van der Waals surface area (Å²) in [6.07, 6.45) is 1.62. The number of aromatic nitrogens is 2. The highest BCUT2D eigenvalue weighted by Crippen LogP contribution is 2.32. The monoisotopic (exact) mass is 378 g/mol. The molecular weight excluding hydrogens is 356 g/mol. The molecule has 0 aromatic carbocycles. The Morgan fingerprint density at radius 3 is 2.73 bits per heavy atom. The van der Waals surface area contributed by atoms with Crippen LogP contribution in [0.15, 0.2) is 27.7 Å². The van der Waals surface area contributed by atoms with Gasteiger partial charge in [-0.05, 0) is 32.9 Å². The average Bonchev–Trinajstić information content (AvgIpc) is 3.18. The molecule has 4 heterocycles. The number of fused-ring (bicyclic) bond motifs is 1. The molecule has 0 aliphatic carbocycles. The Hall–Kier alpha value is -1.97. The first-order valence-electron chi connectivity index (χ1n) is 8.62. The van der Waals surface area contributed by atoms with Crippen LogP contribution in [0.4, 0.5) is 5.69 Å². The van der Waals surface area contributed by atoms with Gasteiger partial charge in [-0.25, -0.2) is 8.42 Å². The van der Waals surface area contributed by atoms with Crippen LogP contribution < -0.4 is 4.90 Å². The molecule has 26 heavy (non-hydrogen) atoms. The van der Waals surface area contributed by atoms with Crippen LogP contribution in [0.25, 0.3) is 0 Å². The third kappa shape index (κ3) is 2.80. The highest BCUT2D eigenvalue weighted by Gasteiger charge is 2.46. The smallest absolute Gasteiger partial charge is 0.248 e. The Balaban J connectivity index is 1.64. The molecule has 8 nitrogen and oxygen atoms in total. The van der Waals surface area contributed by atoms with E-state index >= 15 is 0 Å². The van der Waals surface area contributed by atoms with Crippen molar-refractivity contribution < 1.29 is 17.7 Å². The number of hydrogen-bond donors (Lipinski definition) is 0. The molecule has 2 aliphatic rings. The van der Waals surface area contributed by atoms with E-state index in [1.807, 2.05) is 19.1 Å². The summed E-state index contributed by atoms with van der Waals surface area (Å²) >= 11 is 0. The normalized spacial score (nSPS) is 24.0. The van der Waals surface area contributed by atoms with Crippen LogP contribution in [0, 0.1) is 20.8 Å². The van der Waals surface area contributed by atoms with Gasteiger partial charge in [0.15, 0.2) is 5.76 Å². The van der Waals surface area contributed by atoms with Gasteiger partial charge in [-0.3, -0.25) is 4.98 Å². The van der Waals surface area contributed by atoms with Gasteiger partial charge in [-0.15, -0.1) is 0 Å². The Kier molecular flexibility index (Phi) is 4.25. The number of hydrogen-bond acceptors (Lipinski definition) is 7. The van der Waals surface area contributed by atoms with Gasteiger partial charge in [0, 0.05) is 37.2 Å². The minimum absolute atomic E-state index is 0.0270. The summed E-state index contributed by atoms with van der Waals surface area (Å²) in [6, 6.07) is 3.95. The van der Waals surface area contributed by atoms with Crippen molar-refractivity contribution in [2.75, 3.05) is 31.1 Å². The Morgan fingerprint density at radius 2 is 2.04 bits per heavy atom. The zero-order valence-corrected chi connectivity index (χ0v) is 15.9. The third-order valence-electron chi connectivity index (χ3n) is 5.05. The van der Waals surface area contributed by atoms with Crippen LogP contribution in [-0.4, -0.2) is 61.3 Å². The van der Waals surface area contributed by atoms with E-state index in [9.17, 15) is 8.42 Å². The summed E-state index contributed by atoms with van der Waals surface area (Å²) in [5.41, 5.74) is 2.37. The number of nitrogens with zero attached hydrogens (tertiary/aromatic N) is 4. The van der Waals surface area contributed by atoms with E-state index in [4.69, 9.17) is 9.26 Å². The molecule has 2 aromatic rings. The number of ether oxygens (including phenoxy) is 1. The number of sulfonamides is 1. The molecule has 2 aromatic heterocycles. The largest absolute Gasteiger partial charge is 0.373 e. The molecular formula is C17H22N4O4S. The highest BCUT2D eigenvalue weighted by atomic mass is 32.2. The fraction of sp³-hybridized carbons (Fsp3) is 0.529. The van der Waals surface area contributed by atoms with Crippen molar-refractivity contribution >= 4 is 15.7 Å². The number of rotatable bonds is 3. The summed E-state index contributed by atoms with van der Waals surface area (Å²) < 4.78 is 38.7. The van der Waals surface area contributed by atoms with E-state index in [0.717, 1.165) is 17.9 Å². The SMILES string of the molecule is Cc1cc(N2CCO[C@H]3CN(S(=O)(=O)c4c(C)noc4C)C[C@@H]32)ccn1. The molecule has 2 aliphatic heterocycles. The topological polar surface area (TPSA) is 88.8 Å². The van der Waals surface area contributed by atoms with Crippen LogP contribution >= 0.6 is 0 Å². The fourth-order valence-corrected chi connectivity index (χ4v) is 5.61. The Morgan fingerprint density at radius 1 is 1.23 bits per heavy atom. The summed E-state index contributed by atoms with van der Waals surface area (Å²) in [5, 5.41) is 3.79. The lowest BCUT2D eigenvalue weighted by Crippen LogP contribution is -2.51. The molecule has 2 fully saturated rings. The van der Waals surface area contributed by atoms with Gasteiger partial charge in [0.2, 0.25) is 10.0 Å². The molecule has 0 bridgehead atoms. The van der Waals surface area contributed by atoms with Crippen LogP contribution in [-0.2, 0) is 14.8 Å². The first kappa shape index (κ1) is 17.4. The lowest BCUT2D eigenvalue weighted by Gasteiger charge is -2.38. The lowest BCUT2D eigenvalue weighted by molar-refractivity contribution is 0.0331. The second-order valence-corrected chi connectivity index (χ2v) is 8.68. The summed E-state index contributed by atoms with van der Waals surface area (Å²) in [6.45, 7) is 7.22. The second kappa shape index (κ2) is 6.33. The minimum atomic E-state index is -3.67. The quantitative estimate of drug-likeness (QED) is 0.795. The molecule has 0 N–H and O–H groups in total. The first-order valence-corrected chi connectivity index (χ1v) is 10.1. The maximum Gasteiger partial charge on any atom is 0.248 e. The van der Waals surface area contributed by atoms with E-state index in [1.165, 1.54) is 4.31 Å². The molecule has 2 saturated heterocycles. The summed E-state index contributed by atoms with van der Waals surface area (Å²) in [5.74, 6) is 0.319. The van der Waals surface area contributed by atoms with E-state index in [-0.39, 0.29) is 17.0 Å². The van der Waals surface area contributed by atoms with Crippen molar-refractivity contribution in [3.05, 3.63) is 35.5 Å². The van der Waals surface area contributed by atoms with Crippen molar-refractivity contribution in [3.8, 4) is 0 Å². The molecule has 0 saturated carbocycles. The van der Waals surface area contributed by atoms with Crippen molar-refractivity contribution in [2.24, 2.45) is 0 Å². The zero-order valence-electron chi connectivity index (χ0n) is 15.0. The van der Waals surface area contributed by atoms with Gasteiger partial charge in [0.05, 0.1) is 18.8 Å². The number of pyridine rings is 1. The van der Waals surface area contributed by atoms with E-state index in [1.54, 1.807) is 20.0 Å². The van der Waals surface area contributed by atoms with Gasteiger partial charge in [-0.1, -0.05) is 5.16 Å². The molecule has 140 valence electrons. The lowest BCUT2D eigenvalue weighted by atomic mass is 10.1. The van der Waals surface area contributed by atoms with Gasteiger partial charge in [0.1, 0.15) is 10.6 Å². The van der Waals surface area contributed by atoms with E-state index in [2.05, 4.69) is 15.0 Å². The number of aryl methyl sites for hydroxylation is 3. The molecule has 0 spiro atoms. The van der Waals surface area contributed by atoms with Crippen LogP contribution in [0.3, 0.4) is 0 Å². The second-order valence-electron chi connectivity index (χ2n) is 6.80. The highest BCUT2D eigenvalue weighted by molar-refractivity contribution is 7.89. The molecule has 9 heteroatoms. The fourth-order valence-electron chi connectivity index (χ4n) is 3.85. The van der Waals surface area contributed by atoms with Gasteiger partial charge >= 0.3 is 0 Å². The van der Waals surface area contributed by atoms with Crippen molar-refractivity contribution in [1.82, 2.24) is 14.4 Å². The van der Waals surface area contributed by atoms with Crippen molar-refractivity contribution in [3.63, 3.8) is 0 Å². The standard InChI is InChI=1S/C17H22N4O4S/c1-11-8-14(4-5-18-11)21-6-7-24-16-10-20(9-15(16)21)26(22,23)17-12(2)19-25-13(17)3/h4-5,8,15-16H,6-7,9-10H2,1-3H3/t15-,16-/m0/s1. The minimum Gasteiger partial charge on any atom is -0.373 e. The molecule has 0 unspecified atom stereocenters. The van der Waals surface area contributed by atoms with Gasteiger partial charge < -0.3 is 14.2 Å². The van der Waals surface area contributed by atoms with Crippen LogP contribution in [0.1, 0.15) is 17.1 Å². The summed E-state index contributed by atoms with van der Waals surface area (Å²) in [4.78, 5) is 6.64. The predicted octanol–water partition coefficient (Wildman–Crippen LogP) is 1.27. The number of morpholine rings is 1. The van der Waals surface area contributed by atoms with E-state index in [0.29, 0.717) is 31.2 Å². The van der Waals surface area contributed by atoms with Crippen molar-refractivity contribution in [2.45, 2.75) is 37.8 Å². The Bertz CT molecular complexity index is 907. The predicted molar refractivity (Wildman–Crippen MR) is 94.6 cm³/mol. The van der Waals surface area contributed by atoms with E-state index < -0.39 is 10.0 Å². The molecule has 4 rings (SSSR count). The van der Waals surface area contributed by atoms with Crippen LogP contribution in [0.5, 0.6) is 0 Å². The zero-order chi connectivity index (χ0) is 18.5. The average molecular weight is 378 g/mol. The molecule has 2 atom stereocenters. The van der Waals surface area contributed by atoms with Gasteiger partial charge in [-0.2, -0.15) is 4.31 Å². The first-order chi connectivity index (χ1) is 12.4. The Labute approximate surface area is 152 Å². The van der Waals surface area contributed by atoms with Gasteiger partial charge in [0.25, 0.3) is 0 Å².